The molecule has 0 saturated heterocycles. The molecule has 0 aliphatic heterocycles. The van der Waals surface area contributed by atoms with Crippen molar-refractivity contribution in [2.24, 2.45) is 14.1 Å². The van der Waals surface area contributed by atoms with Gasteiger partial charge >= 0.3 is 0 Å². The highest BCUT2D eigenvalue weighted by Crippen LogP contribution is 2.36. The van der Waals surface area contributed by atoms with Gasteiger partial charge in [-0.1, -0.05) is 49.4 Å². The zero-order valence-corrected chi connectivity index (χ0v) is 14.4. The maximum Gasteiger partial charge on any atom is 0.205 e. The van der Waals surface area contributed by atoms with E-state index in [9.17, 15) is 5.26 Å². The van der Waals surface area contributed by atoms with Gasteiger partial charge in [-0.15, -0.1) is 0 Å². The van der Waals surface area contributed by atoms with Crippen LogP contribution >= 0.6 is 0 Å². The van der Waals surface area contributed by atoms with E-state index in [1.54, 1.807) is 47.8 Å². The number of imidazole rings is 1. The van der Waals surface area contributed by atoms with Crippen LogP contribution < -0.4 is 10.3 Å². The van der Waals surface area contributed by atoms with Crippen LogP contribution in [0, 0.1) is 11.2 Å². The second-order valence-corrected chi connectivity index (χ2v) is 6.44. The standard InChI is InChI=1S/C19H19BF2N3/c1-14(16-9-8-15-6-4-5-7-17(15)12-16)19(21,22)20(13-23)18-24(2)10-11-25(18)3/h4-12,14H,1-3H3. The number of halogens is 2. The Hall–Kier alpha value is -2.68. The van der Waals surface area contributed by atoms with Crippen molar-refractivity contribution in [3.63, 3.8) is 0 Å². The van der Waals surface area contributed by atoms with Gasteiger partial charge in [-0.05, 0) is 16.3 Å². The topological polar surface area (TPSA) is 32.6 Å². The molecule has 0 N–H and O–H groups in total. The molecule has 1 aromatic heterocycles. The average molecular weight is 338 g/mol. The molecule has 25 heavy (non-hydrogen) atoms. The number of nitrogens with zero attached hydrogens (tertiary/aromatic N) is 3. The third kappa shape index (κ3) is 2.91. The molecule has 3 rings (SSSR count). The second-order valence-electron chi connectivity index (χ2n) is 6.44. The Labute approximate surface area is 146 Å². The van der Waals surface area contributed by atoms with Crippen LogP contribution in [0.5, 0.6) is 0 Å². The predicted octanol–water partition coefficient (Wildman–Crippen LogP) is 2.75. The minimum atomic E-state index is -3.21. The number of rotatable bonds is 4. The van der Waals surface area contributed by atoms with Gasteiger partial charge in [0.15, 0.2) is 0 Å². The van der Waals surface area contributed by atoms with E-state index in [0.717, 1.165) is 10.8 Å². The van der Waals surface area contributed by atoms with Crippen molar-refractivity contribution in [1.29, 1.82) is 5.26 Å². The Morgan fingerprint density at radius 3 is 2.48 bits per heavy atom. The van der Waals surface area contributed by atoms with E-state index < -0.39 is 18.5 Å². The van der Waals surface area contributed by atoms with Crippen molar-refractivity contribution in [3.8, 4) is 5.97 Å². The lowest BCUT2D eigenvalue weighted by atomic mass is 9.42. The van der Waals surface area contributed by atoms with Gasteiger partial charge in [0.25, 0.3) is 0 Å². The molecule has 0 amide bonds. The first kappa shape index (κ1) is 17.2. The number of aromatic nitrogens is 2. The molecule has 3 aromatic rings. The van der Waals surface area contributed by atoms with E-state index in [2.05, 4.69) is 0 Å². The van der Waals surface area contributed by atoms with Gasteiger partial charge in [0.05, 0.1) is 19.8 Å². The lowest BCUT2D eigenvalue weighted by Crippen LogP contribution is -2.63. The number of benzene rings is 2. The molecule has 1 radical (unpaired) electrons. The highest BCUT2D eigenvalue weighted by atomic mass is 19.3. The van der Waals surface area contributed by atoms with Crippen molar-refractivity contribution in [1.82, 2.24) is 4.57 Å². The Balaban J connectivity index is 2.03. The number of hydrogen-bond donors (Lipinski definition) is 0. The van der Waals surface area contributed by atoms with Crippen LogP contribution in [0.1, 0.15) is 18.4 Å². The molecular weight excluding hydrogens is 319 g/mol. The third-order valence-electron chi connectivity index (χ3n) is 4.86. The summed E-state index contributed by atoms with van der Waals surface area (Å²) in [5.74, 6) is -2.47. The molecule has 1 unspecified atom stereocenters. The lowest BCUT2D eigenvalue weighted by molar-refractivity contribution is -0.653. The van der Waals surface area contributed by atoms with Gasteiger partial charge in [-0.3, -0.25) is 23.2 Å². The molecule has 127 valence electrons. The van der Waals surface area contributed by atoms with Crippen LogP contribution in [0.15, 0.2) is 54.9 Å². The predicted molar refractivity (Wildman–Crippen MR) is 94.9 cm³/mol. The van der Waals surface area contributed by atoms with Crippen molar-refractivity contribution >= 4 is 23.2 Å². The summed E-state index contributed by atoms with van der Waals surface area (Å²) in [6, 6.07) is 13.0. The smallest absolute Gasteiger partial charge is 0.205 e. The van der Waals surface area contributed by atoms with Crippen LogP contribution in [0.4, 0.5) is 8.78 Å². The second kappa shape index (κ2) is 6.32. The van der Waals surface area contributed by atoms with E-state index in [4.69, 9.17) is 0 Å². The molecule has 0 bridgehead atoms. The van der Waals surface area contributed by atoms with Crippen molar-refractivity contribution in [3.05, 3.63) is 60.4 Å². The lowest BCUT2D eigenvalue weighted by Gasteiger charge is -2.34. The Kier molecular flexibility index (Phi) is 4.34. The Morgan fingerprint density at radius 2 is 1.88 bits per heavy atom. The molecule has 0 spiro atoms. The first-order valence-corrected chi connectivity index (χ1v) is 8.13. The van der Waals surface area contributed by atoms with Crippen LogP contribution in [-0.4, -0.2) is 17.1 Å². The van der Waals surface area contributed by atoms with Gasteiger partial charge in [-0.2, -0.15) is 5.97 Å². The number of hydrogen-bond acceptors (Lipinski definition) is 1. The highest BCUT2D eigenvalue weighted by molar-refractivity contribution is 6.80. The molecule has 0 aliphatic carbocycles. The van der Waals surface area contributed by atoms with Crippen molar-refractivity contribution < 1.29 is 13.3 Å². The van der Waals surface area contributed by atoms with Gasteiger partial charge in [0.2, 0.25) is 6.71 Å². The summed E-state index contributed by atoms with van der Waals surface area (Å²) in [5, 5.41) is 11.4. The Morgan fingerprint density at radius 1 is 1.20 bits per heavy atom. The summed E-state index contributed by atoms with van der Waals surface area (Å²) in [6.45, 7) is -0.0452. The monoisotopic (exact) mass is 338 g/mol. The zero-order valence-electron chi connectivity index (χ0n) is 14.4. The number of aryl methyl sites for hydroxylation is 2. The van der Waals surface area contributed by atoms with Crippen LogP contribution in [-0.2, 0) is 14.1 Å². The van der Waals surface area contributed by atoms with Crippen molar-refractivity contribution in [2.45, 2.75) is 18.7 Å². The van der Waals surface area contributed by atoms with Crippen LogP contribution in [0.2, 0.25) is 0 Å². The summed E-state index contributed by atoms with van der Waals surface area (Å²) in [7, 11) is 3.35. The van der Waals surface area contributed by atoms with Gasteiger partial charge < -0.3 is 0 Å². The summed E-state index contributed by atoms with van der Waals surface area (Å²) in [4.78, 5) is 0. The van der Waals surface area contributed by atoms with E-state index in [1.165, 1.54) is 6.92 Å². The van der Waals surface area contributed by atoms with Crippen LogP contribution in [0.3, 0.4) is 0 Å². The minimum absolute atomic E-state index is 0.292. The normalized spacial score (nSPS) is 13.2. The molecule has 1 atom stereocenters. The van der Waals surface area contributed by atoms with Gasteiger partial charge in [-0.25, -0.2) is 0 Å². The first-order valence-electron chi connectivity index (χ1n) is 8.13. The number of fused-ring (bicyclic) bond motifs is 1. The summed E-state index contributed by atoms with van der Waals surface area (Å²) in [6.07, 6.45) is 3.35. The van der Waals surface area contributed by atoms with E-state index in [-0.39, 0.29) is 0 Å². The van der Waals surface area contributed by atoms with E-state index >= 15 is 8.78 Å². The quantitative estimate of drug-likeness (QED) is 0.532. The van der Waals surface area contributed by atoms with Crippen LogP contribution in [0.25, 0.3) is 10.8 Å². The van der Waals surface area contributed by atoms with E-state index in [1.807, 2.05) is 36.3 Å². The Bertz CT molecular complexity index is 939. The highest BCUT2D eigenvalue weighted by Gasteiger charge is 2.42. The molecule has 2 aromatic carbocycles. The molecule has 0 saturated carbocycles. The summed E-state index contributed by atoms with van der Waals surface area (Å²) < 4.78 is 33.6. The van der Waals surface area contributed by atoms with Gasteiger partial charge in [0, 0.05) is 5.92 Å². The average Bonchev–Trinajstić information content (AvgIpc) is 2.93. The molecule has 0 aliphatic rings. The van der Waals surface area contributed by atoms with E-state index in [0.29, 0.717) is 11.3 Å². The fourth-order valence-corrected chi connectivity index (χ4v) is 3.27. The molecular formula is C19H19BF2N3. The number of nitriles is 1. The molecule has 6 heteroatoms. The molecule has 3 nitrogen and oxygen atoms in total. The maximum atomic E-state index is 15.2. The maximum absolute atomic E-state index is 15.2. The largest absolute Gasteiger partial charge is 0.275 e. The summed E-state index contributed by atoms with van der Waals surface area (Å²) in [5.41, 5.74) is 0.820. The fraction of sp³-hybridized carbons (Fsp3) is 0.263. The number of alkyl halides is 2. The summed E-state index contributed by atoms with van der Waals surface area (Å²) >= 11 is 0. The SMILES string of the molecule is CC(c1ccc2ccccc2c1)C(F)(F)[B-](C#N)c1n(C)cc[n+]1C. The molecule has 0 fully saturated rings. The van der Waals surface area contributed by atoms with Crippen molar-refractivity contribution in [2.75, 3.05) is 0 Å². The zero-order chi connectivity index (χ0) is 18.2. The first-order chi connectivity index (χ1) is 11.9. The fourth-order valence-electron chi connectivity index (χ4n) is 3.27. The van der Waals surface area contributed by atoms with Gasteiger partial charge in [0.1, 0.15) is 18.2 Å². The minimum Gasteiger partial charge on any atom is -0.275 e. The molecule has 1 heterocycles. The third-order valence-corrected chi connectivity index (χ3v) is 4.86.